The quantitative estimate of drug-likeness (QED) is 0.548. The smallest absolute Gasteiger partial charge is 0.253 e. The van der Waals surface area contributed by atoms with Gasteiger partial charge in [-0.05, 0) is 61.6 Å². The first kappa shape index (κ1) is 25.3. The lowest BCUT2D eigenvalue weighted by Crippen LogP contribution is -2.29. The van der Waals surface area contributed by atoms with Gasteiger partial charge in [0, 0.05) is 13.1 Å². The Bertz CT molecular complexity index is 1100. The van der Waals surface area contributed by atoms with Crippen molar-refractivity contribution in [2.75, 3.05) is 26.8 Å². The monoisotopic (exact) mass is 494 g/mol. The lowest BCUT2D eigenvalue weighted by Gasteiger charge is -2.19. The molecule has 1 aliphatic rings. The molecule has 1 unspecified atom stereocenters. The Morgan fingerprint density at radius 3 is 2.42 bits per heavy atom. The standard InChI is InChI=1S/C24H31ClN2O5S/c1-16(2)15-32-22-10-7-18(13-23(22)31-4)17(3)26-24(28)20-14-19(8-9-21(20)25)33(29,30)27-11-5-6-12-27/h7-10,13-14,16-17H,5-6,11-12,15H2,1-4H3,(H,26,28). The average molecular weight is 495 g/mol. The van der Waals surface area contributed by atoms with E-state index in [9.17, 15) is 13.2 Å². The third kappa shape index (κ3) is 5.99. The number of halogens is 1. The van der Waals surface area contributed by atoms with E-state index in [2.05, 4.69) is 19.2 Å². The summed E-state index contributed by atoms with van der Waals surface area (Å²) in [6.07, 6.45) is 1.67. The Kier molecular flexibility index (Phi) is 8.26. The Morgan fingerprint density at radius 1 is 1.09 bits per heavy atom. The highest BCUT2D eigenvalue weighted by atomic mass is 35.5. The first-order chi connectivity index (χ1) is 15.6. The highest BCUT2D eigenvalue weighted by molar-refractivity contribution is 7.89. The predicted octanol–water partition coefficient (Wildman–Crippen LogP) is 4.66. The molecule has 1 amide bonds. The second-order valence-corrected chi connectivity index (χ2v) is 10.9. The maximum absolute atomic E-state index is 13.0. The molecule has 1 fully saturated rings. The molecule has 2 aromatic rings. The fourth-order valence-electron chi connectivity index (χ4n) is 3.60. The Morgan fingerprint density at radius 2 is 1.79 bits per heavy atom. The van der Waals surface area contributed by atoms with Gasteiger partial charge in [0.15, 0.2) is 11.5 Å². The second-order valence-electron chi connectivity index (χ2n) is 8.56. The number of ether oxygens (including phenoxy) is 2. The highest BCUT2D eigenvalue weighted by Gasteiger charge is 2.28. The van der Waals surface area contributed by atoms with Crippen molar-refractivity contribution in [1.82, 2.24) is 9.62 Å². The van der Waals surface area contributed by atoms with Crippen molar-refractivity contribution in [3.8, 4) is 11.5 Å². The molecule has 0 bridgehead atoms. The van der Waals surface area contributed by atoms with Gasteiger partial charge in [-0.25, -0.2) is 8.42 Å². The first-order valence-electron chi connectivity index (χ1n) is 11.0. The van der Waals surface area contributed by atoms with E-state index < -0.39 is 15.9 Å². The van der Waals surface area contributed by atoms with E-state index in [-0.39, 0.29) is 21.5 Å². The number of rotatable bonds is 9. The third-order valence-electron chi connectivity index (χ3n) is 5.49. The molecule has 180 valence electrons. The van der Waals surface area contributed by atoms with Gasteiger partial charge < -0.3 is 14.8 Å². The average Bonchev–Trinajstić information content (AvgIpc) is 3.33. The van der Waals surface area contributed by atoms with Crippen molar-refractivity contribution < 1.29 is 22.7 Å². The molecule has 1 saturated heterocycles. The molecule has 2 aromatic carbocycles. The molecule has 1 heterocycles. The van der Waals surface area contributed by atoms with E-state index in [4.69, 9.17) is 21.1 Å². The maximum atomic E-state index is 13.0. The van der Waals surface area contributed by atoms with E-state index in [0.29, 0.717) is 37.1 Å². The number of carbonyl (C=O) groups excluding carboxylic acids is 1. The predicted molar refractivity (Wildman–Crippen MR) is 129 cm³/mol. The van der Waals surface area contributed by atoms with Crippen molar-refractivity contribution in [3.63, 3.8) is 0 Å². The lowest BCUT2D eigenvalue weighted by molar-refractivity contribution is 0.0939. The highest BCUT2D eigenvalue weighted by Crippen LogP contribution is 2.31. The minimum Gasteiger partial charge on any atom is -0.493 e. The van der Waals surface area contributed by atoms with Gasteiger partial charge in [-0.2, -0.15) is 4.31 Å². The number of amides is 1. The zero-order valence-electron chi connectivity index (χ0n) is 19.4. The number of methoxy groups -OCH3 is 1. The molecule has 0 aromatic heterocycles. The van der Waals surface area contributed by atoms with Gasteiger partial charge in [-0.1, -0.05) is 31.5 Å². The molecule has 9 heteroatoms. The SMILES string of the molecule is COc1cc(C(C)NC(=O)c2cc(S(=O)(=O)N3CCCC3)ccc2Cl)ccc1OCC(C)C. The fraction of sp³-hybridized carbons (Fsp3) is 0.458. The number of hydrogen-bond acceptors (Lipinski definition) is 5. The van der Waals surface area contributed by atoms with Crippen LogP contribution in [0.4, 0.5) is 0 Å². The van der Waals surface area contributed by atoms with Gasteiger partial charge in [0.25, 0.3) is 5.91 Å². The van der Waals surface area contributed by atoms with E-state index in [1.807, 2.05) is 25.1 Å². The molecule has 0 spiro atoms. The normalized spacial score (nSPS) is 15.5. The summed E-state index contributed by atoms with van der Waals surface area (Å²) in [6.45, 7) is 7.51. The maximum Gasteiger partial charge on any atom is 0.253 e. The molecular weight excluding hydrogens is 464 g/mol. The molecule has 0 saturated carbocycles. The molecule has 33 heavy (non-hydrogen) atoms. The second kappa shape index (κ2) is 10.8. The number of nitrogens with one attached hydrogen (secondary N) is 1. The molecule has 0 radical (unpaired) electrons. The van der Waals surface area contributed by atoms with Crippen molar-refractivity contribution >= 4 is 27.5 Å². The van der Waals surface area contributed by atoms with Gasteiger partial charge >= 0.3 is 0 Å². The van der Waals surface area contributed by atoms with Crippen LogP contribution < -0.4 is 14.8 Å². The van der Waals surface area contributed by atoms with Crippen LogP contribution in [0.3, 0.4) is 0 Å². The van der Waals surface area contributed by atoms with E-state index >= 15 is 0 Å². The van der Waals surface area contributed by atoms with Crippen LogP contribution in [-0.2, 0) is 10.0 Å². The first-order valence-corrected chi connectivity index (χ1v) is 12.9. The van der Waals surface area contributed by atoms with Crippen molar-refractivity contribution in [3.05, 3.63) is 52.5 Å². The summed E-state index contributed by atoms with van der Waals surface area (Å²) in [5.74, 6) is 1.13. The summed E-state index contributed by atoms with van der Waals surface area (Å²) in [5.41, 5.74) is 0.932. The summed E-state index contributed by atoms with van der Waals surface area (Å²) in [6, 6.07) is 9.36. The Labute approximate surface area is 201 Å². The minimum absolute atomic E-state index is 0.0694. The van der Waals surface area contributed by atoms with Crippen LogP contribution in [0, 0.1) is 5.92 Å². The van der Waals surface area contributed by atoms with Crippen molar-refractivity contribution in [2.45, 2.75) is 44.6 Å². The van der Waals surface area contributed by atoms with Crippen molar-refractivity contribution in [1.29, 1.82) is 0 Å². The zero-order valence-corrected chi connectivity index (χ0v) is 21.0. The van der Waals surface area contributed by atoms with Crippen molar-refractivity contribution in [2.24, 2.45) is 5.92 Å². The topological polar surface area (TPSA) is 84.9 Å². The Balaban J connectivity index is 1.78. The summed E-state index contributed by atoms with van der Waals surface area (Å²) in [5, 5.41) is 3.08. The third-order valence-corrected chi connectivity index (χ3v) is 7.72. The lowest BCUT2D eigenvalue weighted by atomic mass is 10.1. The number of sulfonamides is 1. The zero-order chi connectivity index (χ0) is 24.2. The molecule has 7 nitrogen and oxygen atoms in total. The van der Waals surface area contributed by atoms with Crippen LogP contribution in [0.25, 0.3) is 0 Å². The number of carbonyl (C=O) groups is 1. The van der Waals surface area contributed by atoms with Gasteiger partial charge in [0.05, 0.1) is 35.2 Å². The van der Waals surface area contributed by atoms with Crippen LogP contribution in [0.15, 0.2) is 41.3 Å². The summed E-state index contributed by atoms with van der Waals surface area (Å²) in [7, 11) is -2.09. The minimum atomic E-state index is -3.65. The molecule has 0 aliphatic carbocycles. The molecule has 1 atom stereocenters. The number of nitrogens with zero attached hydrogens (tertiary/aromatic N) is 1. The van der Waals surface area contributed by atoms with Gasteiger partial charge in [0.1, 0.15) is 0 Å². The van der Waals surface area contributed by atoms with Gasteiger partial charge in [0.2, 0.25) is 10.0 Å². The fourth-order valence-corrected chi connectivity index (χ4v) is 5.35. The van der Waals surface area contributed by atoms with Crippen LogP contribution in [0.1, 0.15) is 55.6 Å². The van der Waals surface area contributed by atoms with E-state index in [1.54, 1.807) is 7.11 Å². The summed E-state index contributed by atoms with van der Waals surface area (Å²) >= 11 is 6.25. The van der Waals surface area contributed by atoms with Gasteiger partial charge in [-0.3, -0.25) is 4.79 Å². The molecule has 1 aliphatic heterocycles. The largest absolute Gasteiger partial charge is 0.493 e. The van der Waals surface area contributed by atoms with Crippen LogP contribution in [0.2, 0.25) is 5.02 Å². The molecular formula is C24H31ClN2O5S. The van der Waals surface area contributed by atoms with Crippen LogP contribution in [0.5, 0.6) is 11.5 Å². The summed E-state index contributed by atoms with van der Waals surface area (Å²) in [4.78, 5) is 13.1. The van der Waals surface area contributed by atoms with Crippen LogP contribution in [-0.4, -0.2) is 45.4 Å². The van der Waals surface area contributed by atoms with E-state index in [0.717, 1.165) is 18.4 Å². The van der Waals surface area contributed by atoms with Gasteiger partial charge in [-0.15, -0.1) is 0 Å². The molecule has 3 rings (SSSR count). The van der Waals surface area contributed by atoms with Crippen LogP contribution >= 0.6 is 11.6 Å². The number of benzene rings is 2. The molecule has 1 N–H and O–H groups in total. The van der Waals surface area contributed by atoms with E-state index in [1.165, 1.54) is 22.5 Å². The summed E-state index contributed by atoms with van der Waals surface area (Å²) < 4.78 is 38.5. The number of hydrogen-bond donors (Lipinski definition) is 1. The Hall–Kier alpha value is -2.29.